The Morgan fingerprint density at radius 3 is 2.68 bits per heavy atom. The van der Waals surface area contributed by atoms with E-state index < -0.39 is 16.5 Å². The predicted octanol–water partition coefficient (Wildman–Crippen LogP) is 2.54. The van der Waals surface area contributed by atoms with Gasteiger partial charge in [0.25, 0.3) is 5.91 Å². The van der Waals surface area contributed by atoms with Crippen LogP contribution in [0.5, 0.6) is 5.88 Å². The molecule has 25 heavy (non-hydrogen) atoms. The zero-order chi connectivity index (χ0) is 17.8. The van der Waals surface area contributed by atoms with Crippen LogP contribution in [-0.4, -0.2) is 26.9 Å². The van der Waals surface area contributed by atoms with E-state index in [1.54, 1.807) is 12.1 Å². The van der Waals surface area contributed by atoms with Gasteiger partial charge in [0, 0.05) is 12.3 Å². The molecule has 2 heterocycles. The molecule has 0 atom stereocenters. The van der Waals surface area contributed by atoms with E-state index in [0.717, 1.165) is 25.7 Å². The summed E-state index contributed by atoms with van der Waals surface area (Å²) in [5, 5.41) is 13.6. The number of amides is 1. The Balaban J connectivity index is 1.71. The molecule has 9 nitrogen and oxygen atoms in total. The van der Waals surface area contributed by atoms with Gasteiger partial charge in [-0.3, -0.25) is 14.9 Å². The summed E-state index contributed by atoms with van der Waals surface area (Å²) in [5.74, 6) is -0.479. The standard InChI is InChI=1S/C16H17N5O4/c17-15-14(21(23)24)12(7-8-18-15)16(22)20-10-5-6-13(19-9-10)25-11-3-1-2-4-11/h5-9,11H,1-4H2,(H2,17,18)(H,20,22). The first-order valence-electron chi connectivity index (χ1n) is 7.87. The van der Waals surface area contributed by atoms with Crippen LogP contribution in [0.2, 0.25) is 0 Å². The van der Waals surface area contributed by atoms with Gasteiger partial charge in [-0.2, -0.15) is 0 Å². The first kappa shape index (κ1) is 16.6. The smallest absolute Gasteiger partial charge is 0.323 e. The lowest BCUT2D eigenvalue weighted by molar-refractivity contribution is -0.384. The number of aromatic nitrogens is 2. The maximum Gasteiger partial charge on any atom is 0.323 e. The minimum atomic E-state index is -0.728. The van der Waals surface area contributed by atoms with Gasteiger partial charge in [-0.05, 0) is 37.8 Å². The lowest BCUT2D eigenvalue weighted by atomic mass is 10.2. The first-order valence-corrected chi connectivity index (χ1v) is 7.87. The van der Waals surface area contributed by atoms with Crippen molar-refractivity contribution in [2.24, 2.45) is 0 Å². The maximum absolute atomic E-state index is 12.3. The minimum absolute atomic E-state index is 0.163. The summed E-state index contributed by atoms with van der Waals surface area (Å²) in [4.78, 5) is 30.4. The van der Waals surface area contributed by atoms with Gasteiger partial charge < -0.3 is 15.8 Å². The largest absolute Gasteiger partial charge is 0.474 e. The molecule has 1 saturated carbocycles. The van der Waals surface area contributed by atoms with Crippen LogP contribution in [0.4, 0.5) is 17.2 Å². The zero-order valence-electron chi connectivity index (χ0n) is 13.3. The Hall–Kier alpha value is -3.23. The van der Waals surface area contributed by atoms with Crippen LogP contribution >= 0.6 is 0 Å². The molecule has 0 spiro atoms. The SMILES string of the molecule is Nc1nccc(C(=O)Nc2ccc(OC3CCCC3)nc2)c1[N+](=O)[O-]. The molecule has 3 rings (SSSR count). The summed E-state index contributed by atoms with van der Waals surface area (Å²) >= 11 is 0. The highest BCUT2D eigenvalue weighted by Crippen LogP contribution is 2.26. The van der Waals surface area contributed by atoms with Crippen LogP contribution in [0.25, 0.3) is 0 Å². The van der Waals surface area contributed by atoms with Crippen molar-refractivity contribution >= 4 is 23.1 Å². The van der Waals surface area contributed by atoms with Gasteiger partial charge in [-0.1, -0.05) is 0 Å². The monoisotopic (exact) mass is 343 g/mol. The molecule has 0 aromatic carbocycles. The molecule has 130 valence electrons. The van der Waals surface area contributed by atoms with E-state index in [1.165, 1.54) is 18.5 Å². The Morgan fingerprint density at radius 1 is 1.28 bits per heavy atom. The number of pyridine rings is 2. The number of anilines is 2. The lowest BCUT2D eigenvalue weighted by Gasteiger charge is -2.12. The molecular formula is C16H17N5O4. The number of nitrogens with zero attached hydrogens (tertiary/aromatic N) is 3. The normalized spacial score (nSPS) is 14.2. The second-order valence-corrected chi connectivity index (χ2v) is 5.71. The van der Waals surface area contributed by atoms with Crippen molar-refractivity contribution in [1.29, 1.82) is 0 Å². The number of ether oxygens (including phenoxy) is 1. The van der Waals surface area contributed by atoms with Crippen molar-refractivity contribution in [2.45, 2.75) is 31.8 Å². The van der Waals surface area contributed by atoms with Crippen LogP contribution in [0.15, 0.2) is 30.6 Å². The Labute approximate surface area is 143 Å². The Bertz CT molecular complexity index is 788. The van der Waals surface area contributed by atoms with E-state index in [1.807, 2.05) is 0 Å². The fourth-order valence-corrected chi connectivity index (χ4v) is 2.74. The van der Waals surface area contributed by atoms with Crippen molar-refractivity contribution < 1.29 is 14.5 Å². The van der Waals surface area contributed by atoms with Crippen molar-refractivity contribution in [2.75, 3.05) is 11.1 Å². The zero-order valence-corrected chi connectivity index (χ0v) is 13.3. The molecule has 2 aromatic rings. The quantitative estimate of drug-likeness (QED) is 0.629. The second-order valence-electron chi connectivity index (χ2n) is 5.71. The fourth-order valence-electron chi connectivity index (χ4n) is 2.74. The number of carbonyl (C=O) groups is 1. The number of rotatable bonds is 5. The van der Waals surface area contributed by atoms with Crippen LogP contribution in [0.3, 0.4) is 0 Å². The molecule has 0 bridgehead atoms. The van der Waals surface area contributed by atoms with Gasteiger partial charge in [0.05, 0.1) is 16.8 Å². The topological polar surface area (TPSA) is 133 Å². The van der Waals surface area contributed by atoms with E-state index in [4.69, 9.17) is 10.5 Å². The highest BCUT2D eigenvalue weighted by atomic mass is 16.6. The van der Waals surface area contributed by atoms with Crippen LogP contribution in [0, 0.1) is 10.1 Å². The van der Waals surface area contributed by atoms with Crippen molar-refractivity contribution in [1.82, 2.24) is 9.97 Å². The van der Waals surface area contributed by atoms with Crippen molar-refractivity contribution in [3.05, 3.63) is 46.3 Å². The number of hydrogen-bond donors (Lipinski definition) is 2. The number of carbonyl (C=O) groups excluding carboxylic acids is 1. The summed E-state index contributed by atoms with van der Waals surface area (Å²) in [6, 6.07) is 4.53. The molecule has 1 fully saturated rings. The van der Waals surface area contributed by atoms with E-state index in [9.17, 15) is 14.9 Å². The Morgan fingerprint density at radius 2 is 2.04 bits per heavy atom. The molecule has 3 N–H and O–H groups in total. The van der Waals surface area contributed by atoms with Gasteiger partial charge in [-0.15, -0.1) is 0 Å². The van der Waals surface area contributed by atoms with Gasteiger partial charge in [-0.25, -0.2) is 9.97 Å². The summed E-state index contributed by atoms with van der Waals surface area (Å²) in [7, 11) is 0. The number of nitrogens with one attached hydrogen (secondary N) is 1. The number of nitrogen functional groups attached to an aromatic ring is 1. The first-order chi connectivity index (χ1) is 12.0. The molecule has 0 saturated heterocycles. The third kappa shape index (κ3) is 3.82. The molecule has 1 aliphatic rings. The minimum Gasteiger partial charge on any atom is -0.474 e. The molecular weight excluding hydrogens is 326 g/mol. The molecule has 1 amide bonds. The van der Waals surface area contributed by atoms with E-state index >= 15 is 0 Å². The third-order valence-electron chi connectivity index (χ3n) is 3.96. The van der Waals surface area contributed by atoms with Crippen LogP contribution in [0.1, 0.15) is 36.0 Å². The summed E-state index contributed by atoms with van der Waals surface area (Å²) in [6.45, 7) is 0. The molecule has 9 heteroatoms. The van der Waals surface area contributed by atoms with Gasteiger partial charge in [0.15, 0.2) is 0 Å². The average Bonchev–Trinajstić information content (AvgIpc) is 3.09. The number of nitro groups is 1. The maximum atomic E-state index is 12.3. The predicted molar refractivity (Wildman–Crippen MR) is 90.4 cm³/mol. The molecule has 2 aromatic heterocycles. The second kappa shape index (κ2) is 7.12. The van der Waals surface area contributed by atoms with E-state index in [2.05, 4.69) is 15.3 Å². The van der Waals surface area contributed by atoms with Crippen molar-refractivity contribution in [3.63, 3.8) is 0 Å². The Kier molecular flexibility index (Phi) is 4.73. The number of nitrogens with two attached hydrogens (primary N) is 1. The summed E-state index contributed by atoms with van der Waals surface area (Å²) in [6.07, 6.45) is 7.24. The van der Waals surface area contributed by atoms with Gasteiger partial charge in [0.1, 0.15) is 11.7 Å². The van der Waals surface area contributed by atoms with Gasteiger partial charge >= 0.3 is 5.69 Å². The van der Waals surface area contributed by atoms with Crippen LogP contribution in [-0.2, 0) is 0 Å². The lowest BCUT2D eigenvalue weighted by Crippen LogP contribution is -2.16. The molecule has 0 radical (unpaired) electrons. The third-order valence-corrected chi connectivity index (χ3v) is 3.96. The average molecular weight is 343 g/mol. The summed E-state index contributed by atoms with van der Waals surface area (Å²) < 4.78 is 5.75. The summed E-state index contributed by atoms with van der Waals surface area (Å²) in [5.41, 5.74) is 5.20. The molecule has 0 aliphatic heterocycles. The highest BCUT2D eigenvalue weighted by molar-refractivity contribution is 6.07. The van der Waals surface area contributed by atoms with E-state index in [0.29, 0.717) is 11.6 Å². The van der Waals surface area contributed by atoms with E-state index in [-0.39, 0.29) is 17.5 Å². The number of hydrogen-bond acceptors (Lipinski definition) is 7. The fraction of sp³-hybridized carbons (Fsp3) is 0.312. The molecule has 0 unspecified atom stereocenters. The van der Waals surface area contributed by atoms with Crippen LogP contribution < -0.4 is 15.8 Å². The molecule has 1 aliphatic carbocycles. The van der Waals surface area contributed by atoms with Gasteiger partial charge in [0.2, 0.25) is 11.7 Å². The highest BCUT2D eigenvalue weighted by Gasteiger charge is 2.24. The van der Waals surface area contributed by atoms with Crippen molar-refractivity contribution in [3.8, 4) is 5.88 Å².